The molecule has 0 bridgehead atoms. The van der Waals surface area contributed by atoms with E-state index in [9.17, 15) is 4.79 Å². The number of furan rings is 1. The van der Waals surface area contributed by atoms with E-state index in [1.54, 1.807) is 6.07 Å². The van der Waals surface area contributed by atoms with Gasteiger partial charge in [-0.2, -0.15) is 0 Å². The van der Waals surface area contributed by atoms with Crippen LogP contribution >= 0.6 is 0 Å². The zero-order chi connectivity index (χ0) is 14.1. The summed E-state index contributed by atoms with van der Waals surface area (Å²) in [5.74, 6) is -0.797. The SMILES string of the molecule is Cc1cc(Nc2ccc(C(=O)O)o2)c2ccccc2n1. The van der Waals surface area contributed by atoms with Crippen molar-refractivity contribution in [3.8, 4) is 0 Å². The van der Waals surface area contributed by atoms with Crippen LogP contribution < -0.4 is 5.32 Å². The van der Waals surface area contributed by atoms with E-state index in [2.05, 4.69) is 10.3 Å². The van der Waals surface area contributed by atoms with Gasteiger partial charge in [-0.3, -0.25) is 4.98 Å². The van der Waals surface area contributed by atoms with Gasteiger partial charge in [0.2, 0.25) is 5.76 Å². The number of aromatic carboxylic acids is 1. The van der Waals surface area contributed by atoms with Crippen LogP contribution in [-0.2, 0) is 0 Å². The molecule has 0 saturated carbocycles. The molecule has 1 aromatic carbocycles. The van der Waals surface area contributed by atoms with Gasteiger partial charge in [-0.05, 0) is 25.1 Å². The zero-order valence-corrected chi connectivity index (χ0v) is 10.8. The molecule has 0 aliphatic heterocycles. The van der Waals surface area contributed by atoms with Crippen LogP contribution in [0.5, 0.6) is 0 Å². The summed E-state index contributed by atoms with van der Waals surface area (Å²) in [4.78, 5) is 15.2. The number of benzene rings is 1. The van der Waals surface area contributed by atoms with E-state index in [0.717, 1.165) is 22.3 Å². The van der Waals surface area contributed by atoms with Gasteiger partial charge < -0.3 is 14.8 Å². The summed E-state index contributed by atoms with van der Waals surface area (Å²) in [6.07, 6.45) is 0. The Morgan fingerprint density at radius 3 is 2.80 bits per heavy atom. The highest BCUT2D eigenvalue weighted by Crippen LogP contribution is 2.27. The Hall–Kier alpha value is -2.82. The van der Waals surface area contributed by atoms with Crippen LogP contribution in [0.2, 0.25) is 0 Å². The number of carboxylic acids is 1. The molecule has 0 fully saturated rings. The van der Waals surface area contributed by atoms with Gasteiger partial charge in [-0.25, -0.2) is 4.79 Å². The predicted octanol–water partition coefficient (Wildman–Crippen LogP) is 3.58. The fourth-order valence-corrected chi connectivity index (χ4v) is 2.06. The Morgan fingerprint density at radius 1 is 1.25 bits per heavy atom. The third kappa shape index (κ3) is 2.21. The van der Waals surface area contributed by atoms with Gasteiger partial charge in [0.25, 0.3) is 0 Å². The van der Waals surface area contributed by atoms with E-state index in [4.69, 9.17) is 9.52 Å². The first-order chi connectivity index (χ1) is 9.63. The summed E-state index contributed by atoms with van der Waals surface area (Å²) in [6.45, 7) is 1.91. The molecule has 2 aromatic heterocycles. The maximum absolute atomic E-state index is 10.8. The van der Waals surface area contributed by atoms with Crippen molar-refractivity contribution in [3.63, 3.8) is 0 Å². The smallest absolute Gasteiger partial charge is 0.371 e. The molecule has 20 heavy (non-hydrogen) atoms. The summed E-state index contributed by atoms with van der Waals surface area (Å²) in [7, 11) is 0. The number of nitrogens with one attached hydrogen (secondary N) is 1. The lowest BCUT2D eigenvalue weighted by Gasteiger charge is -2.08. The third-order valence-corrected chi connectivity index (χ3v) is 2.92. The highest BCUT2D eigenvalue weighted by atomic mass is 16.4. The van der Waals surface area contributed by atoms with Gasteiger partial charge in [0.05, 0.1) is 11.2 Å². The van der Waals surface area contributed by atoms with Crippen LogP contribution in [0.4, 0.5) is 11.6 Å². The Balaban J connectivity index is 2.03. The molecule has 0 amide bonds. The molecule has 3 aromatic rings. The molecule has 5 heteroatoms. The van der Waals surface area contributed by atoms with E-state index in [0.29, 0.717) is 5.88 Å². The molecule has 0 aliphatic rings. The van der Waals surface area contributed by atoms with E-state index >= 15 is 0 Å². The number of aromatic nitrogens is 1. The van der Waals surface area contributed by atoms with Crippen LogP contribution in [0.15, 0.2) is 46.9 Å². The normalized spacial score (nSPS) is 10.7. The van der Waals surface area contributed by atoms with Gasteiger partial charge in [0, 0.05) is 17.1 Å². The van der Waals surface area contributed by atoms with Crippen LogP contribution in [0.1, 0.15) is 16.2 Å². The summed E-state index contributed by atoms with van der Waals surface area (Å²) >= 11 is 0. The number of fused-ring (bicyclic) bond motifs is 1. The average Bonchev–Trinajstić information content (AvgIpc) is 2.87. The molecule has 2 heterocycles. The monoisotopic (exact) mass is 268 g/mol. The van der Waals surface area contributed by atoms with Crippen molar-refractivity contribution in [2.75, 3.05) is 5.32 Å². The predicted molar refractivity (Wildman–Crippen MR) is 75.4 cm³/mol. The number of pyridine rings is 1. The standard InChI is InChI=1S/C15H12N2O3/c1-9-8-12(10-4-2-3-5-11(10)16-9)17-14-7-6-13(20-14)15(18)19/h2-8H,1H3,(H,16,17)(H,18,19). The third-order valence-electron chi connectivity index (χ3n) is 2.92. The molecule has 5 nitrogen and oxygen atoms in total. The van der Waals surface area contributed by atoms with Gasteiger partial charge >= 0.3 is 5.97 Å². The molecule has 2 N–H and O–H groups in total. The van der Waals surface area contributed by atoms with Gasteiger partial charge in [-0.1, -0.05) is 18.2 Å². The molecule has 0 radical (unpaired) electrons. The Morgan fingerprint density at radius 2 is 2.05 bits per heavy atom. The van der Waals surface area contributed by atoms with E-state index < -0.39 is 5.97 Å². The lowest BCUT2D eigenvalue weighted by atomic mass is 10.1. The molecule has 0 aliphatic carbocycles. The fourth-order valence-electron chi connectivity index (χ4n) is 2.06. The second-order valence-corrected chi connectivity index (χ2v) is 4.42. The lowest BCUT2D eigenvalue weighted by molar-refractivity contribution is 0.0663. The van der Waals surface area contributed by atoms with Gasteiger partial charge in [0.15, 0.2) is 5.88 Å². The lowest BCUT2D eigenvalue weighted by Crippen LogP contribution is -1.94. The van der Waals surface area contributed by atoms with Crippen LogP contribution in [0.25, 0.3) is 10.9 Å². The van der Waals surface area contributed by atoms with Crippen molar-refractivity contribution in [1.29, 1.82) is 0 Å². The topological polar surface area (TPSA) is 75.4 Å². The number of hydrogen-bond donors (Lipinski definition) is 2. The molecular formula is C15H12N2O3. The van der Waals surface area contributed by atoms with Crippen molar-refractivity contribution >= 4 is 28.4 Å². The molecule has 0 atom stereocenters. The minimum atomic E-state index is -1.09. The summed E-state index contributed by atoms with van der Waals surface area (Å²) in [6, 6.07) is 12.6. The minimum absolute atomic E-state index is 0.0948. The van der Waals surface area contributed by atoms with Crippen molar-refractivity contribution in [2.45, 2.75) is 6.92 Å². The molecule has 0 unspecified atom stereocenters. The summed E-state index contributed by atoms with van der Waals surface area (Å²) in [5, 5.41) is 12.9. The number of anilines is 2. The highest BCUT2D eigenvalue weighted by Gasteiger charge is 2.10. The molecular weight excluding hydrogens is 256 g/mol. The maximum atomic E-state index is 10.8. The largest absolute Gasteiger partial charge is 0.475 e. The first kappa shape index (κ1) is 12.2. The number of hydrogen-bond acceptors (Lipinski definition) is 4. The number of aryl methyl sites for hydroxylation is 1. The van der Waals surface area contributed by atoms with E-state index in [1.807, 2.05) is 37.3 Å². The number of carboxylic acid groups (broad SMARTS) is 1. The second kappa shape index (κ2) is 4.70. The first-order valence-electron chi connectivity index (χ1n) is 6.10. The van der Waals surface area contributed by atoms with Crippen molar-refractivity contribution < 1.29 is 14.3 Å². The van der Waals surface area contributed by atoms with Gasteiger partial charge in [0.1, 0.15) is 0 Å². The number of para-hydroxylation sites is 1. The quantitative estimate of drug-likeness (QED) is 0.759. The van der Waals surface area contributed by atoms with Crippen LogP contribution in [0.3, 0.4) is 0 Å². The van der Waals surface area contributed by atoms with Crippen molar-refractivity contribution in [1.82, 2.24) is 4.98 Å². The van der Waals surface area contributed by atoms with Gasteiger partial charge in [-0.15, -0.1) is 0 Å². The van der Waals surface area contributed by atoms with E-state index in [-0.39, 0.29) is 5.76 Å². The number of nitrogens with zero attached hydrogens (tertiary/aromatic N) is 1. The average molecular weight is 268 g/mol. The molecule has 0 spiro atoms. The second-order valence-electron chi connectivity index (χ2n) is 4.42. The summed E-state index contributed by atoms with van der Waals surface area (Å²) < 4.78 is 5.21. The van der Waals surface area contributed by atoms with E-state index in [1.165, 1.54) is 6.07 Å². The Labute approximate surface area is 114 Å². The van der Waals surface area contributed by atoms with Crippen LogP contribution in [0, 0.1) is 6.92 Å². The maximum Gasteiger partial charge on any atom is 0.371 e. The Kier molecular flexibility index (Phi) is 2.87. The minimum Gasteiger partial charge on any atom is -0.475 e. The Bertz CT molecular complexity index is 793. The first-order valence-corrected chi connectivity index (χ1v) is 6.10. The number of carbonyl (C=O) groups is 1. The fraction of sp³-hybridized carbons (Fsp3) is 0.0667. The molecule has 0 saturated heterocycles. The molecule has 100 valence electrons. The van der Waals surface area contributed by atoms with Crippen molar-refractivity contribution in [2.24, 2.45) is 0 Å². The summed E-state index contributed by atoms with van der Waals surface area (Å²) in [5.41, 5.74) is 2.58. The van der Waals surface area contributed by atoms with Crippen molar-refractivity contribution in [3.05, 3.63) is 53.9 Å². The highest BCUT2D eigenvalue weighted by molar-refractivity contribution is 5.93. The molecule has 3 rings (SSSR count). The zero-order valence-electron chi connectivity index (χ0n) is 10.8. The van der Waals surface area contributed by atoms with Crippen LogP contribution in [-0.4, -0.2) is 16.1 Å². The number of rotatable bonds is 3.